The molecular weight excluding hydrogens is 161 g/mol. The van der Waals surface area contributed by atoms with E-state index in [9.17, 15) is 4.79 Å². The molecule has 0 aliphatic heterocycles. The summed E-state index contributed by atoms with van der Waals surface area (Å²) >= 11 is 0. The third-order valence-corrected chi connectivity index (χ3v) is 0.485. The molecule has 4 heteroatoms. The van der Waals surface area contributed by atoms with Gasteiger partial charge in [-0.05, 0) is 6.58 Å². The van der Waals surface area contributed by atoms with Crippen molar-refractivity contribution < 1.29 is 34.1 Å². The molecule has 0 rings (SSSR count). The Labute approximate surface area is 60.1 Å². The van der Waals surface area contributed by atoms with Crippen LogP contribution >= 0.6 is 0 Å². The van der Waals surface area contributed by atoms with Crippen LogP contribution in [0.25, 0.3) is 0 Å². The summed E-state index contributed by atoms with van der Waals surface area (Å²) < 4.78 is 4.22. The quantitative estimate of drug-likeness (QED) is 0.364. The predicted octanol–water partition coefficient (Wildman–Crippen LogP) is 0.229. The molecule has 0 unspecified atom stereocenters. The van der Waals surface area contributed by atoms with Crippen molar-refractivity contribution in [1.29, 1.82) is 0 Å². The molecule has 8 heavy (non-hydrogen) atoms. The van der Waals surface area contributed by atoms with E-state index < -0.39 is 5.97 Å². The van der Waals surface area contributed by atoms with Crippen molar-refractivity contribution in [1.82, 2.24) is 0 Å². The summed E-state index contributed by atoms with van der Waals surface area (Å²) in [7, 11) is 1.26. The van der Waals surface area contributed by atoms with Gasteiger partial charge in [0.05, 0.1) is 7.11 Å². The van der Waals surface area contributed by atoms with Crippen molar-refractivity contribution in [2.75, 3.05) is 7.11 Å². The Morgan fingerprint density at radius 3 is 2.12 bits per heavy atom. The largest absolute Gasteiger partial charge is 0.490 e. The Balaban J connectivity index is 0. The molecule has 0 bridgehead atoms. The molecule has 0 atom stereocenters. The minimum atomic E-state index is -1.12. The Kier molecular flexibility index (Phi) is 6.33. The van der Waals surface area contributed by atoms with E-state index in [1.807, 2.05) is 0 Å². The number of carboxylic acid groups (broad SMARTS) is 1. The van der Waals surface area contributed by atoms with E-state index >= 15 is 0 Å². The van der Waals surface area contributed by atoms with Crippen molar-refractivity contribution in [3.8, 4) is 0 Å². The van der Waals surface area contributed by atoms with Gasteiger partial charge in [-0.2, -0.15) is 0 Å². The second kappa shape index (κ2) is 4.78. The number of carbonyl (C=O) groups is 1. The molecule has 0 spiro atoms. The molecule has 3 nitrogen and oxygen atoms in total. The van der Waals surface area contributed by atoms with E-state index in [2.05, 4.69) is 11.3 Å². The zero-order valence-corrected chi connectivity index (χ0v) is 7.65. The van der Waals surface area contributed by atoms with E-state index in [1.54, 1.807) is 0 Å². The van der Waals surface area contributed by atoms with Crippen LogP contribution in [0.5, 0.6) is 0 Å². The first-order valence-corrected chi connectivity index (χ1v) is 1.64. The fourth-order valence-electron chi connectivity index (χ4n) is 0.0873. The maximum Gasteiger partial charge on any atom is 0.370 e. The first kappa shape index (κ1) is 10.6. The molecular formula is C4H6O3Zn. The maximum atomic E-state index is 9.71. The number of ether oxygens (including phenoxy) is 1. The van der Waals surface area contributed by atoms with Gasteiger partial charge in [0.25, 0.3) is 0 Å². The summed E-state index contributed by atoms with van der Waals surface area (Å²) in [5, 5.41) is 7.96. The second-order valence-corrected chi connectivity index (χ2v) is 0.932. The molecule has 0 aromatic carbocycles. The summed E-state index contributed by atoms with van der Waals surface area (Å²) in [6.45, 7) is 3.05. The Bertz CT molecular complexity index is 99.5. The summed E-state index contributed by atoms with van der Waals surface area (Å²) in [5.74, 6) is -1.36. The molecule has 0 aromatic heterocycles. The maximum absolute atomic E-state index is 9.71. The fraction of sp³-hybridized carbons (Fsp3) is 0.250. The summed E-state index contributed by atoms with van der Waals surface area (Å²) in [5.41, 5.74) is 0. The Hall–Kier alpha value is -0.367. The van der Waals surface area contributed by atoms with Gasteiger partial charge in [-0.3, -0.25) is 0 Å². The first-order valence-electron chi connectivity index (χ1n) is 1.64. The van der Waals surface area contributed by atoms with Crippen molar-refractivity contribution >= 4 is 5.97 Å². The zero-order chi connectivity index (χ0) is 5.86. The summed E-state index contributed by atoms with van der Waals surface area (Å²) in [6.07, 6.45) is 0. The van der Waals surface area contributed by atoms with Crippen LogP contribution < -0.4 is 0 Å². The molecule has 0 fully saturated rings. The van der Waals surface area contributed by atoms with Crippen molar-refractivity contribution in [2.45, 2.75) is 0 Å². The van der Waals surface area contributed by atoms with Crippen LogP contribution in [0.15, 0.2) is 12.3 Å². The molecule has 42 valence electrons. The Morgan fingerprint density at radius 1 is 1.75 bits per heavy atom. The minimum Gasteiger partial charge on any atom is -0.490 e. The van der Waals surface area contributed by atoms with E-state index in [0.717, 1.165) is 0 Å². The van der Waals surface area contributed by atoms with Crippen LogP contribution in [0.2, 0.25) is 0 Å². The molecule has 0 aliphatic rings. The van der Waals surface area contributed by atoms with Gasteiger partial charge in [-0.25, -0.2) is 4.79 Å². The number of hydrogen-bond donors (Lipinski definition) is 1. The van der Waals surface area contributed by atoms with Gasteiger partial charge in [-0.15, -0.1) is 0 Å². The van der Waals surface area contributed by atoms with Crippen LogP contribution in [0.3, 0.4) is 0 Å². The first-order chi connectivity index (χ1) is 3.18. The van der Waals surface area contributed by atoms with Gasteiger partial charge in [0, 0.05) is 19.5 Å². The number of carboxylic acids is 1. The van der Waals surface area contributed by atoms with Crippen LogP contribution in [0.4, 0.5) is 0 Å². The topological polar surface area (TPSA) is 46.5 Å². The monoisotopic (exact) mass is 166 g/mol. The van der Waals surface area contributed by atoms with Crippen LogP contribution in [-0.4, -0.2) is 18.2 Å². The van der Waals surface area contributed by atoms with Crippen LogP contribution in [-0.2, 0) is 29.0 Å². The van der Waals surface area contributed by atoms with Crippen molar-refractivity contribution in [2.24, 2.45) is 0 Å². The van der Waals surface area contributed by atoms with E-state index in [4.69, 9.17) is 5.11 Å². The van der Waals surface area contributed by atoms with Gasteiger partial charge in [0.1, 0.15) is 0 Å². The van der Waals surface area contributed by atoms with Crippen LogP contribution in [0, 0.1) is 0 Å². The van der Waals surface area contributed by atoms with Gasteiger partial charge >= 0.3 is 5.97 Å². The molecule has 0 radical (unpaired) electrons. The summed E-state index contributed by atoms with van der Waals surface area (Å²) in [6, 6.07) is 0. The predicted molar refractivity (Wildman–Crippen MR) is 23.8 cm³/mol. The number of hydrogen-bond acceptors (Lipinski definition) is 2. The normalized spacial score (nSPS) is 6.62. The van der Waals surface area contributed by atoms with Gasteiger partial charge < -0.3 is 9.84 Å². The van der Waals surface area contributed by atoms with Gasteiger partial charge in [-0.1, -0.05) is 0 Å². The molecule has 0 heterocycles. The molecule has 0 aliphatic carbocycles. The number of aliphatic carboxylic acids is 1. The third-order valence-electron chi connectivity index (χ3n) is 0.485. The minimum absolute atomic E-state index is 0. The second-order valence-electron chi connectivity index (χ2n) is 0.932. The van der Waals surface area contributed by atoms with E-state index in [1.165, 1.54) is 7.11 Å². The average molecular weight is 167 g/mol. The fourth-order valence-corrected chi connectivity index (χ4v) is 0.0873. The average Bonchev–Trinajstić information content (AvgIpc) is 1.65. The molecule has 0 amide bonds. The summed E-state index contributed by atoms with van der Waals surface area (Å²) in [4.78, 5) is 9.71. The van der Waals surface area contributed by atoms with Crippen molar-refractivity contribution in [3.05, 3.63) is 12.3 Å². The molecule has 0 aromatic rings. The molecule has 0 saturated carbocycles. The molecule has 0 saturated heterocycles. The molecule has 1 N–H and O–H groups in total. The van der Waals surface area contributed by atoms with E-state index in [-0.39, 0.29) is 25.2 Å². The van der Waals surface area contributed by atoms with Gasteiger partial charge in [0.2, 0.25) is 0 Å². The number of methoxy groups -OCH3 is 1. The van der Waals surface area contributed by atoms with Gasteiger partial charge in [0.15, 0.2) is 5.76 Å². The number of rotatable bonds is 2. The Morgan fingerprint density at radius 2 is 2.12 bits per heavy atom. The SMILES string of the molecule is C=C(OC)C(=O)O.[Zn]. The van der Waals surface area contributed by atoms with Crippen LogP contribution in [0.1, 0.15) is 0 Å². The zero-order valence-electron chi connectivity index (χ0n) is 4.68. The van der Waals surface area contributed by atoms with E-state index in [0.29, 0.717) is 0 Å². The standard InChI is InChI=1S/C4H6O3.Zn/c1-3(7-2)4(5)6;/h1H2,2H3,(H,5,6);. The third kappa shape index (κ3) is 3.81. The smallest absolute Gasteiger partial charge is 0.370 e. The van der Waals surface area contributed by atoms with Crippen molar-refractivity contribution in [3.63, 3.8) is 0 Å².